The first kappa shape index (κ1) is 21.4. The van der Waals surface area contributed by atoms with Crippen LogP contribution in [0, 0.1) is 13.8 Å². The number of aryl methyl sites for hydroxylation is 2. The van der Waals surface area contributed by atoms with Gasteiger partial charge >= 0.3 is 0 Å². The van der Waals surface area contributed by atoms with Crippen LogP contribution in [0.25, 0.3) is 11.3 Å². The summed E-state index contributed by atoms with van der Waals surface area (Å²) in [4.78, 5) is 21.4. The first-order valence-corrected chi connectivity index (χ1v) is 11.5. The summed E-state index contributed by atoms with van der Waals surface area (Å²) in [6, 6.07) is 8.42. The Balaban J connectivity index is 2.03. The summed E-state index contributed by atoms with van der Waals surface area (Å²) in [6.45, 7) is 9.29. The van der Waals surface area contributed by atoms with E-state index in [9.17, 15) is 4.79 Å². The van der Waals surface area contributed by atoms with Crippen molar-refractivity contribution in [1.82, 2.24) is 14.5 Å². The van der Waals surface area contributed by atoms with Gasteiger partial charge in [0.25, 0.3) is 0 Å². The van der Waals surface area contributed by atoms with Crippen LogP contribution in [0.1, 0.15) is 51.1 Å². The van der Waals surface area contributed by atoms with Gasteiger partial charge in [0.15, 0.2) is 6.29 Å². The van der Waals surface area contributed by atoms with Crippen molar-refractivity contribution in [2.24, 2.45) is 0 Å². The molecule has 3 aromatic rings. The molecule has 0 bridgehead atoms. The van der Waals surface area contributed by atoms with E-state index in [0.717, 1.165) is 64.7 Å². The summed E-state index contributed by atoms with van der Waals surface area (Å²) < 4.78 is 2.36. The molecular weight excluding hydrogens is 404 g/mol. The van der Waals surface area contributed by atoms with E-state index in [0.29, 0.717) is 0 Å². The molecule has 1 aliphatic heterocycles. The fourth-order valence-electron chi connectivity index (χ4n) is 4.59. The Morgan fingerprint density at radius 3 is 2.68 bits per heavy atom. The van der Waals surface area contributed by atoms with Crippen molar-refractivity contribution in [1.29, 1.82) is 0 Å². The third kappa shape index (κ3) is 3.69. The molecule has 4 rings (SSSR count). The number of benzene rings is 1. The largest absolute Gasteiger partial charge is 0.365 e. The summed E-state index contributed by atoms with van der Waals surface area (Å²) in [7, 11) is 5.96. The molecular formula is C25H30N4OS. The van der Waals surface area contributed by atoms with Gasteiger partial charge in [0.2, 0.25) is 0 Å². The van der Waals surface area contributed by atoms with Gasteiger partial charge < -0.3 is 14.4 Å². The van der Waals surface area contributed by atoms with Crippen LogP contribution in [0.3, 0.4) is 0 Å². The topological polar surface area (TPSA) is 41.4 Å². The number of aldehydes is 1. The van der Waals surface area contributed by atoms with Gasteiger partial charge in [-0.25, -0.2) is 4.98 Å². The van der Waals surface area contributed by atoms with Crippen LogP contribution >= 0.6 is 11.3 Å². The number of anilines is 1. The number of hydrogen-bond donors (Lipinski definition) is 0. The van der Waals surface area contributed by atoms with Crippen molar-refractivity contribution in [3.8, 4) is 11.3 Å². The first-order valence-electron chi connectivity index (χ1n) is 10.6. The molecule has 0 saturated carbocycles. The van der Waals surface area contributed by atoms with Gasteiger partial charge in [-0.2, -0.15) is 0 Å². The van der Waals surface area contributed by atoms with Gasteiger partial charge in [-0.1, -0.05) is 30.3 Å². The molecule has 31 heavy (non-hydrogen) atoms. The number of nitrogens with zero attached hydrogens (tertiary/aromatic N) is 4. The summed E-state index contributed by atoms with van der Waals surface area (Å²) in [6.07, 6.45) is 3.10. The van der Waals surface area contributed by atoms with E-state index in [1.807, 2.05) is 33.0 Å². The predicted octanol–water partition coefficient (Wildman–Crippen LogP) is 5.44. The van der Waals surface area contributed by atoms with Crippen molar-refractivity contribution in [3.05, 3.63) is 69.6 Å². The SMILES string of the molecule is C=C(N(C)C)N(C)c1c(C=O)c(-c2cccc(C)c2)n2c1C(c1nc(C)cs1)CCC2. The molecule has 0 N–H and O–H groups in total. The van der Waals surface area contributed by atoms with Gasteiger partial charge in [-0.05, 0) is 38.3 Å². The monoisotopic (exact) mass is 434 g/mol. The molecule has 162 valence electrons. The highest BCUT2D eigenvalue weighted by Gasteiger charge is 2.35. The number of hydrogen-bond acceptors (Lipinski definition) is 5. The van der Waals surface area contributed by atoms with Crippen molar-refractivity contribution >= 4 is 23.3 Å². The fourth-order valence-corrected chi connectivity index (χ4v) is 5.52. The Kier molecular flexibility index (Phi) is 5.75. The molecule has 1 unspecified atom stereocenters. The van der Waals surface area contributed by atoms with E-state index >= 15 is 0 Å². The maximum atomic E-state index is 12.6. The van der Waals surface area contributed by atoms with Crippen molar-refractivity contribution < 1.29 is 4.79 Å². The van der Waals surface area contributed by atoms with Gasteiger partial charge in [0.1, 0.15) is 10.8 Å². The van der Waals surface area contributed by atoms with Crippen molar-refractivity contribution in [3.63, 3.8) is 0 Å². The Morgan fingerprint density at radius 2 is 2.06 bits per heavy atom. The zero-order valence-corrected chi connectivity index (χ0v) is 19.8. The van der Waals surface area contributed by atoms with Gasteiger partial charge in [0, 0.05) is 38.8 Å². The number of rotatable bonds is 6. The lowest BCUT2D eigenvalue weighted by atomic mass is 9.95. The minimum Gasteiger partial charge on any atom is -0.365 e. The summed E-state index contributed by atoms with van der Waals surface area (Å²) >= 11 is 1.71. The van der Waals surface area contributed by atoms with Crippen LogP contribution in [0.15, 0.2) is 42.0 Å². The van der Waals surface area contributed by atoms with Crippen LogP contribution in [0.2, 0.25) is 0 Å². The van der Waals surface area contributed by atoms with E-state index < -0.39 is 0 Å². The summed E-state index contributed by atoms with van der Waals surface area (Å²) in [5.74, 6) is 1.00. The van der Waals surface area contributed by atoms with Gasteiger partial charge in [-0.3, -0.25) is 4.79 Å². The van der Waals surface area contributed by atoms with E-state index in [4.69, 9.17) is 4.98 Å². The van der Waals surface area contributed by atoms with Gasteiger partial charge in [-0.15, -0.1) is 11.3 Å². The second kappa shape index (κ2) is 8.35. The Morgan fingerprint density at radius 1 is 1.29 bits per heavy atom. The molecule has 1 aromatic carbocycles. The zero-order valence-electron chi connectivity index (χ0n) is 19.0. The van der Waals surface area contributed by atoms with Crippen LogP contribution in [0.5, 0.6) is 0 Å². The van der Waals surface area contributed by atoms with E-state index in [2.05, 4.69) is 52.6 Å². The lowest BCUT2D eigenvalue weighted by Gasteiger charge is -2.31. The molecule has 5 nitrogen and oxygen atoms in total. The first-order chi connectivity index (χ1) is 14.8. The minimum atomic E-state index is 0.164. The smallest absolute Gasteiger partial charge is 0.154 e. The standard InChI is InChI=1S/C25H30N4OS/c1-16-9-7-10-19(13-16)22-21(14-30)23(28(6)18(3)27(4)5)24-20(11-8-12-29(22)24)25-26-17(2)15-31-25/h7,9-10,13-15,20H,3,8,11-12H2,1-2,4-6H3. The fraction of sp³-hybridized carbons (Fsp3) is 0.360. The number of thiazole rings is 1. The summed E-state index contributed by atoms with van der Waals surface area (Å²) in [5.41, 5.74) is 7.15. The molecule has 1 atom stereocenters. The Hall–Kier alpha value is -2.86. The minimum absolute atomic E-state index is 0.164. The maximum Gasteiger partial charge on any atom is 0.154 e. The second-order valence-electron chi connectivity index (χ2n) is 8.53. The maximum absolute atomic E-state index is 12.6. The van der Waals surface area contributed by atoms with Crippen LogP contribution in [-0.2, 0) is 6.54 Å². The lowest BCUT2D eigenvalue weighted by molar-refractivity contribution is 0.112. The number of fused-ring (bicyclic) bond motifs is 1. The average Bonchev–Trinajstić information content (AvgIpc) is 3.33. The third-order valence-corrected chi connectivity index (χ3v) is 7.18. The molecule has 0 radical (unpaired) electrons. The highest BCUT2D eigenvalue weighted by Crippen LogP contribution is 2.47. The zero-order chi connectivity index (χ0) is 22.3. The summed E-state index contributed by atoms with van der Waals surface area (Å²) in [5, 5.41) is 3.23. The highest BCUT2D eigenvalue weighted by molar-refractivity contribution is 7.09. The van der Waals surface area contributed by atoms with Gasteiger partial charge in [0.05, 0.1) is 28.6 Å². The quantitative estimate of drug-likeness (QED) is 0.485. The third-order valence-electron chi connectivity index (χ3n) is 6.10. The molecule has 0 amide bonds. The van der Waals surface area contributed by atoms with Crippen molar-refractivity contribution in [2.75, 3.05) is 26.0 Å². The second-order valence-corrected chi connectivity index (χ2v) is 9.42. The van der Waals surface area contributed by atoms with E-state index in [-0.39, 0.29) is 5.92 Å². The predicted molar refractivity (Wildman–Crippen MR) is 129 cm³/mol. The molecule has 0 aliphatic carbocycles. The molecule has 6 heteroatoms. The van der Waals surface area contributed by atoms with E-state index in [1.165, 1.54) is 11.3 Å². The van der Waals surface area contributed by atoms with E-state index in [1.54, 1.807) is 11.3 Å². The molecule has 3 heterocycles. The Labute approximate surface area is 188 Å². The lowest BCUT2D eigenvalue weighted by Crippen LogP contribution is -2.29. The molecule has 0 spiro atoms. The van der Waals surface area contributed by atoms with Crippen LogP contribution in [-0.4, -0.2) is 41.9 Å². The molecule has 0 saturated heterocycles. The van der Waals surface area contributed by atoms with Crippen molar-refractivity contribution in [2.45, 2.75) is 39.2 Å². The highest BCUT2D eigenvalue weighted by atomic mass is 32.1. The normalized spacial score (nSPS) is 15.5. The molecule has 1 aliphatic rings. The number of aromatic nitrogens is 2. The average molecular weight is 435 g/mol. The molecule has 2 aromatic heterocycles. The molecule has 0 fully saturated rings. The van der Waals surface area contributed by atoms with Crippen LogP contribution < -0.4 is 4.90 Å². The number of carbonyl (C=O) groups is 1. The van der Waals surface area contributed by atoms with Crippen LogP contribution in [0.4, 0.5) is 5.69 Å². The number of carbonyl (C=O) groups excluding carboxylic acids is 1. The Bertz CT molecular complexity index is 1140.